The highest BCUT2D eigenvalue weighted by molar-refractivity contribution is 4.97. The molecule has 0 saturated carbocycles. The molecule has 0 aromatic heterocycles. The van der Waals surface area contributed by atoms with Crippen molar-refractivity contribution in [2.75, 3.05) is 13.1 Å². The van der Waals surface area contributed by atoms with Crippen molar-refractivity contribution in [3.05, 3.63) is 12.4 Å². The Morgan fingerprint density at radius 1 is 0.351 bits per heavy atom. The van der Waals surface area contributed by atoms with Crippen LogP contribution in [0, 0.1) is 0 Å². The molecular formula is C35H70N2. The van der Waals surface area contributed by atoms with E-state index in [1.54, 1.807) is 0 Å². The van der Waals surface area contributed by atoms with E-state index in [1.165, 1.54) is 186 Å². The van der Waals surface area contributed by atoms with Crippen LogP contribution < -0.4 is 0 Å². The maximum Gasteiger partial charge on any atom is 0.101 e. The first-order valence-corrected chi connectivity index (χ1v) is 17.5. The molecule has 0 aliphatic carbocycles. The van der Waals surface area contributed by atoms with Crippen LogP contribution >= 0.6 is 0 Å². The van der Waals surface area contributed by atoms with E-state index in [-0.39, 0.29) is 0 Å². The Kier molecular flexibility index (Phi) is 25.0. The minimum atomic E-state index is 0.642. The molecule has 1 unspecified atom stereocenters. The SMILES string of the molecule is CCCCCCCCCCCCCCCCCC1N(CCCCCCC)C=CN1CCCCCCCC. The van der Waals surface area contributed by atoms with Gasteiger partial charge in [-0.1, -0.05) is 168 Å². The molecule has 0 N–H and O–H groups in total. The molecule has 1 aliphatic heterocycles. The van der Waals surface area contributed by atoms with Crippen molar-refractivity contribution in [1.82, 2.24) is 9.80 Å². The topological polar surface area (TPSA) is 6.48 Å². The van der Waals surface area contributed by atoms with Gasteiger partial charge in [0.1, 0.15) is 6.17 Å². The number of nitrogens with zero attached hydrogens (tertiary/aromatic N) is 2. The van der Waals surface area contributed by atoms with Crippen molar-refractivity contribution < 1.29 is 0 Å². The summed E-state index contributed by atoms with van der Waals surface area (Å²) in [6, 6.07) is 0. The van der Waals surface area contributed by atoms with Gasteiger partial charge in [-0.05, 0) is 25.7 Å². The molecule has 0 spiro atoms. The van der Waals surface area contributed by atoms with Gasteiger partial charge in [-0.3, -0.25) is 0 Å². The van der Waals surface area contributed by atoms with Crippen LogP contribution in [0.15, 0.2) is 12.4 Å². The largest absolute Gasteiger partial charge is 0.356 e. The summed E-state index contributed by atoms with van der Waals surface area (Å²) in [5, 5.41) is 0. The molecule has 1 aliphatic rings. The normalized spacial score (nSPS) is 15.4. The molecule has 0 fully saturated rings. The highest BCUT2D eigenvalue weighted by Crippen LogP contribution is 2.24. The highest BCUT2D eigenvalue weighted by atomic mass is 15.4. The predicted molar refractivity (Wildman–Crippen MR) is 168 cm³/mol. The van der Waals surface area contributed by atoms with Crippen LogP contribution in [0.4, 0.5) is 0 Å². The van der Waals surface area contributed by atoms with Gasteiger partial charge in [-0.2, -0.15) is 0 Å². The van der Waals surface area contributed by atoms with E-state index in [4.69, 9.17) is 0 Å². The number of unbranched alkanes of at least 4 members (excludes halogenated alkanes) is 23. The van der Waals surface area contributed by atoms with Gasteiger partial charge in [0.2, 0.25) is 0 Å². The van der Waals surface area contributed by atoms with Crippen molar-refractivity contribution >= 4 is 0 Å². The van der Waals surface area contributed by atoms with Gasteiger partial charge < -0.3 is 9.80 Å². The molecule has 0 amide bonds. The number of rotatable bonds is 29. The first-order valence-electron chi connectivity index (χ1n) is 17.5. The third-order valence-electron chi connectivity index (χ3n) is 8.57. The van der Waals surface area contributed by atoms with Gasteiger partial charge in [-0.15, -0.1) is 0 Å². The second-order valence-corrected chi connectivity index (χ2v) is 12.2. The van der Waals surface area contributed by atoms with Gasteiger partial charge in [0.25, 0.3) is 0 Å². The Bertz CT molecular complexity index is 474. The van der Waals surface area contributed by atoms with Crippen LogP contribution in [0.2, 0.25) is 0 Å². The van der Waals surface area contributed by atoms with Crippen LogP contribution in [0.5, 0.6) is 0 Å². The van der Waals surface area contributed by atoms with Crippen molar-refractivity contribution in [2.45, 2.75) is 200 Å². The van der Waals surface area contributed by atoms with Crippen LogP contribution in [-0.2, 0) is 0 Å². The van der Waals surface area contributed by atoms with E-state index in [0.717, 1.165) is 0 Å². The Morgan fingerprint density at radius 3 is 0.946 bits per heavy atom. The summed E-state index contributed by atoms with van der Waals surface area (Å²) < 4.78 is 0. The van der Waals surface area contributed by atoms with Gasteiger partial charge in [0.15, 0.2) is 0 Å². The predicted octanol–water partition coefficient (Wildman–Crippen LogP) is 12.0. The van der Waals surface area contributed by atoms with Crippen molar-refractivity contribution in [3.63, 3.8) is 0 Å². The third-order valence-corrected chi connectivity index (χ3v) is 8.57. The fraction of sp³-hybridized carbons (Fsp3) is 0.943. The molecule has 0 radical (unpaired) electrons. The number of hydrogen-bond acceptors (Lipinski definition) is 2. The zero-order valence-corrected chi connectivity index (χ0v) is 26.1. The van der Waals surface area contributed by atoms with Crippen LogP contribution in [0.25, 0.3) is 0 Å². The molecule has 2 heteroatoms. The summed E-state index contributed by atoms with van der Waals surface area (Å²) in [6.07, 6.45) is 44.0. The van der Waals surface area contributed by atoms with Gasteiger partial charge >= 0.3 is 0 Å². The first kappa shape index (κ1) is 34.4. The maximum absolute atomic E-state index is 2.69. The molecule has 0 saturated heterocycles. The summed E-state index contributed by atoms with van der Waals surface area (Å²) in [5.74, 6) is 0. The minimum Gasteiger partial charge on any atom is -0.356 e. The lowest BCUT2D eigenvalue weighted by atomic mass is 10.0. The standard InChI is InChI=1S/C35H70N2/c1-4-7-10-13-15-16-17-18-19-20-21-22-23-24-27-30-35-36(31-28-25-12-9-6-3)33-34-37(35)32-29-26-14-11-8-5-2/h33-35H,4-32H2,1-3H3. The molecule has 1 atom stereocenters. The summed E-state index contributed by atoms with van der Waals surface area (Å²) >= 11 is 0. The quantitative estimate of drug-likeness (QED) is 0.0908. The average Bonchev–Trinajstić information content (AvgIpc) is 3.29. The fourth-order valence-corrected chi connectivity index (χ4v) is 6.01. The van der Waals surface area contributed by atoms with Crippen molar-refractivity contribution in [2.24, 2.45) is 0 Å². The second-order valence-electron chi connectivity index (χ2n) is 12.2. The van der Waals surface area contributed by atoms with E-state index < -0.39 is 0 Å². The molecule has 2 nitrogen and oxygen atoms in total. The summed E-state index contributed by atoms with van der Waals surface area (Å²) in [7, 11) is 0. The van der Waals surface area contributed by atoms with E-state index in [2.05, 4.69) is 43.0 Å². The van der Waals surface area contributed by atoms with Gasteiger partial charge in [0.05, 0.1) is 0 Å². The fourth-order valence-electron chi connectivity index (χ4n) is 6.01. The van der Waals surface area contributed by atoms with E-state index in [0.29, 0.717) is 6.17 Å². The minimum absolute atomic E-state index is 0.642. The lowest BCUT2D eigenvalue weighted by Gasteiger charge is -2.33. The first-order chi connectivity index (χ1) is 18.3. The highest BCUT2D eigenvalue weighted by Gasteiger charge is 2.24. The van der Waals surface area contributed by atoms with Gasteiger partial charge in [0, 0.05) is 25.5 Å². The molecule has 0 aromatic rings. The summed E-state index contributed by atoms with van der Waals surface area (Å²) in [4.78, 5) is 5.38. The number of hydrogen-bond donors (Lipinski definition) is 0. The van der Waals surface area contributed by atoms with Crippen LogP contribution in [0.3, 0.4) is 0 Å². The zero-order valence-electron chi connectivity index (χ0n) is 26.1. The smallest absolute Gasteiger partial charge is 0.101 e. The molecule has 1 rings (SSSR count). The Morgan fingerprint density at radius 2 is 0.622 bits per heavy atom. The molecule has 220 valence electrons. The van der Waals surface area contributed by atoms with Crippen LogP contribution in [-0.4, -0.2) is 29.1 Å². The third kappa shape index (κ3) is 20.0. The Labute approximate surface area is 235 Å². The summed E-state index contributed by atoms with van der Waals surface area (Å²) in [5.41, 5.74) is 0. The van der Waals surface area contributed by atoms with E-state index >= 15 is 0 Å². The molecule has 37 heavy (non-hydrogen) atoms. The van der Waals surface area contributed by atoms with Crippen LogP contribution in [0.1, 0.15) is 194 Å². The molecule has 0 bridgehead atoms. The van der Waals surface area contributed by atoms with E-state index in [9.17, 15) is 0 Å². The maximum atomic E-state index is 2.69. The Hall–Kier alpha value is -0.660. The summed E-state index contributed by atoms with van der Waals surface area (Å²) in [6.45, 7) is 9.46. The molecular weight excluding hydrogens is 448 g/mol. The van der Waals surface area contributed by atoms with Gasteiger partial charge in [-0.25, -0.2) is 0 Å². The van der Waals surface area contributed by atoms with Crippen molar-refractivity contribution in [3.8, 4) is 0 Å². The Balaban J connectivity index is 2.13. The monoisotopic (exact) mass is 519 g/mol. The van der Waals surface area contributed by atoms with E-state index in [1.807, 2.05) is 0 Å². The lowest BCUT2D eigenvalue weighted by molar-refractivity contribution is 0.135. The molecule has 1 heterocycles. The zero-order chi connectivity index (χ0) is 26.7. The molecule has 0 aromatic carbocycles. The van der Waals surface area contributed by atoms with Crippen molar-refractivity contribution in [1.29, 1.82) is 0 Å². The lowest BCUT2D eigenvalue weighted by Crippen LogP contribution is -2.39. The average molecular weight is 519 g/mol. The second kappa shape index (κ2) is 26.9.